The number of rotatable bonds is 8. The van der Waals surface area contributed by atoms with Crippen molar-refractivity contribution in [1.29, 1.82) is 0 Å². The number of furan rings is 2. The van der Waals surface area contributed by atoms with E-state index in [9.17, 15) is 0 Å². The summed E-state index contributed by atoms with van der Waals surface area (Å²) in [5, 5.41) is 14.5. The summed E-state index contributed by atoms with van der Waals surface area (Å²) in [5.74, 6) is 0. The number of anilines is 6. The fraction of sp³-hybridized carbons (Fsp3) is 0. The third-order valence-corrected chi connectivity index (χ3v) is 17.9. The number of nitrogens with zero attached hydrogens (tertiary/aromatic N) is 4. The van der Waals surface area contributed by atoms with Crippen LogP contribution in [-0.2, 0) is 0 Å². The van der Waals surface area contributed by atoms with Gasteiger partial charge >= 0.3 is 0 Å². The minimum Gasteiger partial charge on any atom is -0.454 e. The van der Waals surface area contributed by atoms with E-state index in [4.69, 9.17) is 8.83 Å². The number of fused-ring (bicyclic) bond motifs is 18. The summed E-state index contributed by atoms with van der Waals surface area (Å²) in [5.41, 5.74) is 21.7. The van der Waals surface area contributed by atoms with Gasteiger partial charge in [-0.2, -0.15) is 0 Å². The van der Waals surface area contributed by atoms with Crippen LogP contribution in [0.25, 0.3) is 142 Å². The summed E-state index contributed by atoms with van der Waals surface area (Å²) in [4.78, 5) is 4.61. The van der Waals surface area contributed by atoms with Crippen molar-refractivity contribution in [1.82, 2.24) is 8.80 Å². The van der Waals surface area contributed by atoms with Gasteiger partial charge in [-0.15, -0.1) is 0 Å². The standard InChI is InChI=1S/C78H46N4O2/c1-3-15-51(16-4-1)79(67-27-13-25-63-57-19-7-9-29-73(57)83-77(63)67)53-37-31-47(32-38-53)49-35-41-55-59-21-11-23-61-65-46-72-66(45-71(65)81(75(59)61)69(55)43-49)62-24-12-22-60-56-42-36-50(44-70(56)82(72)76(60)62)48-33-39-54(40-34-48)80(52-17-5-2-6-18-52)68-28-14-26-64-58-20-8-10-30-74(58)84-78(64)68/h1-46H. The van der Waals surface area contributed by atoms with E-state index in [0.29, 0.717) is 0 Å². The highest BCUT2D eigenvalue weighted by Gasteiger charge is 2.25. The lowest BCUT2D eigenvalue weighted by atomic mass is 10.0. The van der Waals surface area contributed by atoms with Gasteiger partial charge in [0.05, 0.1) is 44.5 Å². The smallest absolute Gasteiger partial charge is 0.159 e. The molecule has 19 aromatic rings. The molecule has 13 aromatic carbocycles. The average molecular weight is 1070 g/mol. The van der Waals surface area contributed by atoms with Gasteiger partial charge in [0, 0.05) is 87.4 Å². The van der Waals surface area contributed by atoms with Gasteiger partial charge in [-0.05, 0) is 119 Å². The van der Waals surface area contributed by atoms with E-state index >= 15 is 0 Å². The summed E-state index contributed by atoms with van der Waals surface area (Å²) in [7, 11) is 0. The molecule has 0 aliphatic carbocycles. The quantitative estimate of drug-likeness (QED) is 0.152. The first-order valence-corrected chi connectivity index (χ1v) is 28.7. The lowest BCUT2D eigenvalue weighted by Crippen LogP contribution is -2.10. The predicted molar refractivity (Wildman–Crippen MR) is 351 cm³/mol. The lowest BCUT2D eigenvalue weighted by molar-refractivity contribution is 0.668. The van der Waals surface area contributed by atoms with Crippen molar-refractivity contribution in [3.63, 3.8) is 0 Å². The molecule has 0 aliphatic rings. The van der Waals surface area contributed by atoms with Crippen LogP contribution in [0.4, 0.5) is 34.1 Å². The zero-order chi connectivity index (χ0) is 54.7. The van der Waals surface area contributed by atoms with Crippen molar-refractivity contribution in [2.24, 2.45) is 0 Å². The molecule has 0 spiro atoms. The molecule has 390 valence electrons. The van der Waals surface area contributed by atoms with E-state index in [1.165, 1.54) is 87.3 Å². The molecule has 0 radical (unpaired) electrons. The highest BCUT2D eigenvalue weighted by atomic mass is 16.3. The van der Waals surface area contributed by atoms with Crippen LogP contribution in [0.15, 0.2) is 288 Å². The Bertz CT molecular complexity index is 5490. The minimum absolute atomic E-state index is 0.869. The summed E-state index contributed by atoms with van der Waals surface area (Å²) < 4.78 is 18.3. The molecule has 0 unspecified atom stereocenters. The normalized spacial score (nSPS) is 12.3. The van der Waals surface area contributed by atoms with Gasteiger partial charge in [-0.25, -0.2) is 0 Å². The van der Waals surface area contributed by atoms with Crippen LogP contribution in [0, 0.1) is 0 Å². The Balaban J connectivity index is 0.725. The fourth-order valence-electron chi connectivity index (χ4n) is 14.2. The Morgan fingerprint density at radius 3 is 1.00 bits per heavy atom. The molecule has 0 atom stereocenters. The molecule has 0 fully saturated rings. The second-order valence-corrected chi connectivity index (χ2v) is 22.4. The van der Waals surface area contributed by atoms with Gasteiger partial charge in [0.2, 0.25) is 0 Å². The molecular weight excluding hydrogens is 1020 g/mol. The van der Waals surface area contributed by atoms with Gasteiger partial charge in [-0.1, -0.05) is 182 Å². The van der Waals surface area contributed by atoms with Gasteiger partial charge in [0.1, 0.15) is 11.2 Å². The Kier molecular flexibility index (Phi) is 9.24. The summed E-state index contributed by atoms with van der Waals surface area (Å²) in [6.45, 7) is 0. The van der Waals surface area contributed by atoms with Gasteiger partial charge in [-0.3, -0.25) is 0 Å². The van der Waals surface area contributed by atoms with Crippen LogP contribution in [-0.4, -0.2) is 8.80 Å². The molecular formula is C78H46N4O2. The monoisotopic (exact) mass is 1070 g/mol. The zero-order valence-electron chi connectivity index (χ0n) is 45.2. The summed E-state index contributed by atoms with van der Waals surface area (Å²) in [6.07, 6.45) is 0. The Morgan fingerprint density at radius 1 is 0.226 bits per heavy atom. The van der Waals surface area contributed by atoms with Gasteiger partial charge in [0.15, 0.2) is 11.2 Å². The SMILES string of the molecule is c1ccc(N(c2ccc(-c3ccc4c5cccc6c7cc8c(cc7n(c4c3)c56)c3cccc4c5ccc(-c6ccc(N(c7ccccc7)c7cccc9c7oc7ccccc79)cc6)cc5n8c43)cc2)c2cccc3c2oc2ccccc23)cc1. The largest absolute Gasteiger partial charge is 0.454 e. The number of benzene rings is 13. The van der Waals surface area contributed by atoms with Crippen molar-refractivity contribution in [2.45, 2.75) is 0 Å². The zero-order valence-corrected chi connectivity index (χ0v) is 45.2. The number of para-hydroxylation sites is 8. The van der Waals surface area contributed by atoms with Crippen molar-refractivity contribution in [2.75, 3.05) is 9.80 Å². The molecule has 0 N–H and O–H groups in total. The molecule has 0 saturated heterocycles. The first-order chi connectivity index (χ1) is 41.7. The molecule has 6 heterocycles. The number of aromatic nitrogens is 2. The summed E-state index contributed by atoms with van der Waals surface area (Å²) in [6, 6.07) is 101. The first-order valence-electron chi connectivity index (χ1n) is 28.7. The van der Waals surface area contributed by atoms with Crippen LogP contribution >= 0.6 is 0 Å². The van der Waals surface area contributed by atoms with Crippen molar-refractivity contribution in [3.8, 4) is 22.3 Å². The second-order valence-electron chi connectivity index (χ2n) is 22.4. The molecule has 6 aromatic heterocycles. The second kappa shape index (κ2) is 17.1. The third-order valence-electron chi connectivity index (χ3n) is 17.9. The minimum atomic E-state index is 0.869. The van der Waals surface area contributed by atoms with E-state index in [1.807, 2.05) is 24.3 Å². The molecule has 0 amide bonds. The molecule has 19 rings (SSSR count). The number of hydrogen-bond acceptors (Lipinski definition) is 4. The highest BCUT2D eigenvalue weighted by molar-refractivity contribution is 6.29. The van der Waals surface area contributed by atoms with E-state index in [-0.39, 0.29) is 0 Å². The fourth-order valence-corrected chi connectivity index (χ4v) is 14.2. The number of hydrogen-bond donors (Lipinski definition) is 0. The topological polar surface area (TPSA) is 41.6 Å². The molecule has 0 bridgehead atoms. The average Bonchev–Trinajstić information content (AvgIpc) is 1.98. The third kappa shape index (κ3) is 6.33. The van der Waals surface area contributed by atoms with E-state index in [0.717, 1.165) is 89.1 Å². The maximum atomic E-state index is 6.60. The van der Waals surface area contributed by atoms with Gasteiger partial charge < -0.3 is 27.4 Å². The van der Waals surface area contributed by atoms with Crippen LogP contribution in [0.5, 0.6) is 0 Å². The molecule has 0 aliphatic heterocycles. The Morgan fingerprint density at radius 2 is 0.560 bits per heavy atom. The van der Waals surface area contributed by atoms with Crippen LogP contribution < -0.4 is 9.80 Å². The maximum Gasteiger partial charge on any atom is 0.159 e. The molecule has 84 heavy (non-hydrogen) atoms. The predicted octanol–water partition coefficient (Wildman–Crippen LogP) is 22.1. The summed E-state index contributed by atoms with van der Waals surface area (Å²) >= 11 is 0. The molecule has 6 nitrogen and oxygen atoms in total. The van der Waals surface area contributed by atoms with E-state index in [1.54, 1.807) is 0 Å². The first kappa shape index (κ1) is 45.4. The maximum absolute atomic E-state index is 6.60. The molecule has 6 heteroatoms. The van der Waals surface area contributed by atoms with Crippen molar-refractivity contribution in [3.05, 3.63) is 279 Å². The molecule has 0 saturated carbocycles. The van der Waals surface area contributed by atoms with Crippen molar-refractivity contribution >= 4 is 154 Å². The Labute approximate surface area is 480 Å². The van der Waals surface area contributed by atoms with Gasteiger partial charge in [0.25, 0.3) is 0 Å². The highest BCUT2D eigenvalue weighted by Crippen LogP contribution is 2.48. The van der Waals surface area contributed by atoms with E-state index in [2.05, 4.69) is 273 Å². The lowest BCUT2D eigenvalue weighted by Gasteiger charge is -2.25. The van der Waals surface area contributed by atoms with Crippen LogP contribution in [0.2, 0.25) is 0 Å². The Hall–Kier alpha value is -11.3. The van der Waals surface area contributed by atoms with E-state index < -0.39 is 0 Å². The van der Waals surface area contributed by atoms with Crippen LogP contribution in [0.1, 0.15) is 0 Å². The van der Waals surface area contributed by atoms with Crippen molar-refractivity contribution < 1.29 is 8.83 Å². The van der Waals surface area contributed by atoms with Crippen LogP contribution in [0.3, 0.4) is 0 Å².